The number of likely N-dealkylation sites (tertiary alicyclic amines) is 2. The Balaban J connectivity index is 1.24. The van der Waals surface area contributed by atoms with E-state index in [2.05, 4.69) is 10.3 Å². The van der Waals surface area contributed by atoms with Crippen LogP contribution in [0, 0.1) is 5.41 Å². The molecule has 0 radical (unpaired) electrons. The smallest absolute Gasteiger partial charge is 0.268 e. The molecule has 2 aromatic carbocycles. The Morgan fingerprint density at radius 1 is 1.09 bits per heavy atom. The number of fused-ring (bicyclic) bond motifs is 3. The molecule has 0 saturated carbocycles. The van der Waals surface area contributed by atoms with Gasteiger partial charge in [-0.3, -0.25) is 14.4 Å². The third kappa shape index (κ3) is 5.96. The number of benzene rings is 2. The summed E-state index contributed by atoms with van der Waals surface area (Å²) in [6, 6.07) is 12.3. The predicted octanol–water partition coefficient (Wildman–Crippen LogP) is 3.11. The highest BCUT2D eigenvalue weighted by Gasteiger charge is 2.50. The minimum absolute atomic E-state index is 0.125. The van der Waals surface area contributed by atoms with Gasteiger partial charge in [-0.05, 0) is 42.2 Å². The fraction of sp³-hybridized carbons (Fsp3) is 0.433. The second-order valence-electron chi connectivity index (χ2n) is 12.2. The van der Waals surface area contributed by atoms with Crippen LogP contribution in [0.3, 0.4) is 0 Å². The van der Waals surface area contributed by atoms with Gasteiger partial charge in [-0.1, -0.05) is 50.6 Å². The Morgan fingerprint density at radius 3 is 2.40 bits per heavy atom. The first kappa shape index (κ1) is 30.8. The Hall–Kier alpha value is -3.61. The molecule has 13 heteroatoms. The van der Waals surface area contributed by atoms with Crippen molar-refractivity contribution >= 4 is 50.2 Å². The van der Waals surface area contributed by atoms with Crippen LogP contribution < -0.4 is 10.1 Å². The number of likely N-dealkylation sites (N-methyl/N-ethyl adjacent to an activating group) is 1. The monoisotopic (exact) mass is 629 g/mol. The average Bonchev–Trinajstić information content (AvgIpc) is 3.69. The zero-order valence-corrected chi connectivity index (χ0v) is 26.3. The number of methoxy groups -OCH3 is 1. The van der Waals surface area contributed by atoms with Crippen LogP contribution in [-0.2, 0) is 19.6 Å². The van der Waals surface area contributed by atoms with Gasteiger partial charge in [0.1, 0.15) is 22.4 Å². The molecule has 43 heavy (non-hydrogen) atoms. The van der Waals surface area contributed by atoms with Crippen molar-refractivity contribution in [3.63, 3.8) is 0 Å². The molecule has 5 rings (SSSR count). The molecule has 3 heterocycles. The summed E-state index contributed by atoms with van der Waals surface area (Å²) in [5, 5.41) is 4.07. The molecule has 0 spiro atoms. The maximum absolute atomic E-state index is 13.8. The van der Waals surface area contributed by atoms with Gasteiger partial charge in [0.2, 0.25) is 21.8 Å². The van der Waals surface area contributed by atoms with E-state index in [9.17, 15) is 22.8 Å². The first-order chi connectivity index (χ1) is 20.2. The lowest BCUT2D eigenvalue weighted by atomic mass is 9.85. The highest BCUT2D eigenvalue weighted by Crippen LogP contribution is 2.34. The van der Waals surface area contributed by atoms with Crippen LogP contribution >= 0.6 is 11.6 Å². The molecule has 3 atom stereocenters. The zero-order valence-electron chi connectivity index (χ0n) is 24.8. The van der Waals surface area contributed by atoms with Gasteiger partial charge in [-0.15, -0.1) is 0 Å². The zero-order chi connectivity index (χ0) is 31.3. The first-order valence-corrected chi connectivity index (χ1v) is 15.8. The Morgan fingerprint density at radius 2 is 1.77 bits per heavy atom. The van der Waals surface area contributed by atoms with Crippen LogP contribution in [0.15, 0.2) is 53.4 Å². The summed E-state index contributed by atoms with van der Waals surface area (Å²) < 4.78 is 32.7. The molecule has 3 amide bonds. The number of nitrogens with zero attached hydrogens (tertiary/aromatic N) is 3. The summed E-state index contributed by atoms with van der Waals surface area (Å²) >= 11 is 6.03. The van der Waals surface area contributed by atoms with E-state index < -0.39 is 21.5 Å². The number of nitrogens with one attached hydrogen (secondary N) is 2. The number of aromatic amines is 1. The fourth-order valence-corrected chi connectivity index (χ4v) is 7.38. The van der Waals surface area contributed by atoms with E-state index in [0.717, 1.165) is 15.2 Å². The molecule has 2 aliphatic rings. The number of para-hydroxylation sites is 1. The Kier molecular flexibility index (Phi) is 8.23. The number of H-pyrrole nitrogens is 1. The molecule has 2 bridgehead atoms. The Bertz CT molecular complexity index is 1650. The summed E-state index contributed by atoms with van der Waals surface area (Å²) in [6.45, 7) is 5.92. The standard InChI is InChI=1S/C30H36ClN5O6S/c1-30(2,3)27(33-28(38)23-12-18-8-6-7-9-22(18)32-23)29(39)36-16-20-14-21(36)15-35(20)26(37)17-34(4)43(40,41)25-13-19(31)10-11-24(25)42-5/h6-13,20-21,27,32H,14-17H2,1-5H3,(H,33,38)/t20-,21-,27+/m0/s1. The van der Waals surface area contributed by atoms with Gasteiger partial charge in [-0.25, -0.2) is 8.42 Å². The van der Waals surface area contributed by atoms with Gasteiger partial charge >= 0.3 is 0 Å². The maximum atomic E-state index is 13.8. The van der Waals surface area contributed by atoms with Crippen LogP contribution in [0.25, 0.3) is 10.9 Å². The number of hydrogen-bond donors (Lipinski definition) is 2. The summed E-state index contributed by atoms with van der Waals surface area (Å²) in [7, 11) is -1.37. The number of halogens is 1. The minimum Gasteiger partial charge on any atom is -0.495 e. The molecule has 11 nitrogen and oxygen atoms in total. The quantitative estimate of drug-likeness (QED) is 0.394. The van der Waals surface area contributed by atoms with E-state index in [4.69, 9.17) is 16.3 Å². The molecule has 0 unspecified atom stereocenters. The van der Waals surface area contributed by atoms with Crippen molar-refractivity contribution in [2.24, 2.45) is 5.41 Å². The number of carbonyl (C=O) groups is 3. The van der Waals surface area contributed by atoms with Crippen molar-refractivity contribution in [2.75, 3.05) is 33.8 Å². The maximum Gasteiger partial charge on any atom is 0.268 e. The van der Waals surface area contributed by atoms with Crippen LogP contribution in [0.4, 0.5) is 0 Å². The molecule has 2 saturated heterocycles. The highest BCUT2D eigenvalue weighted by molar-refractivity contribution is 7.89. The number of carbonyl (C=O) groups excluding carboxylic acids is 3. The van der Waals surface area contributed by atoms with E-state index in [1.165, 1.54) is 32.4 Å². The van der Waals surface area contributed by atoms with Crippen molar-refractivity contribution in [3.8, 4) is 5.75 Å². The molecule has 1 aromatic heterocycles. The highest BCUT2D eigenvalue weighted by atomic mass is 35.5. The van der Waals surface area contributed by atoms with Crippen LogP contribution in [0.5, 0.6) is 5.75 Å². The van der Waals surface area contributed by atoms with E-state index in [0.29, 0.717) is 18.7 Å². The molecule has 2 fully saturated rings. The third-order valence-electron chi connectivity index (χ3n) is 8.18. The van der Waals surface area contributed by atoms with Gasteiger partial charge in [0.15, 0.2) is 0 Å². The molecular formula is C30H36ClN5O6S. The van der Waals surface area contributed by atoms with Gasteiger partial charge in [0.05, 0.1) is 25.7 Å². The molecule has 2 aliphatic heterocycles. The number of aromatic nitrogens is 1. The fourth-order valence-electron chi connectivity index (χ4n) is 5.85. The normalized spacial score (nSPS) is 19.2. The summed E-state index contributed by atoms with van der Waals surface area (Å²) in [6.07, 6.45) is 0.586. The number of amides is 3. The van der Waals surface area contributed by atoms with Gasteiger partial charge in [0, 0.05) is 36.1 Å². The van der Waals surface area contributed by atoms with E-state index in [1.54, 1.807) is 15.9 Å². The van der Waals surface area contributed by atoms with Crippen molar-refractivity contribution in [2.45, 2.75) is 50.2 Å². The summed E-state index contributed by atoms with van der Waals surface area (Å²) in [4.78, 5) is 46.7. The second kappa shape index (κ2) is 11.5. The molecular weight excluding hydrogens is 594 g/mol. The van der Waals surface area contributed by atoms with Crippen molar-refractivity contribution in [1.82, 2.24) is 24.4 Å². The van der Waals surface area contributed by atoms with Crippen LogP contribution in [0.1, 0.15) is 37.7 Å². The van der Waals surface area contributed by atoms with E-state index in [1.807, 2.05) is 45.0 Å². The van der Waals surface area contributed by atoms with Gasteiger partial charge in [-0.2, -0.15) is 4.31 Å². The largest absolute Gasteiger partial charge is 0.495 e. The number of piperazine rings is 1. The average molecular weight is 630 g/mol. The number of sulfonamides is 1. The predicted molar refractivity (Wildman–Crippen MR) is 162 cm³/mol. The minimum atomic E-state index is -4.07. The summed E-state index contributed by atoms with van der Waals surface area (Å²) in [5.74, 6) is -0.801. The van der Waals surface area contributed by atoms with Crippen LogP contribution in [-0.4, -0.2) is 97.1 Å². The Labute approximate surface area is 256 Å². The number of hydrogen-bond acceptors (Lipinski definition) is 6. The lowest BCUT2D eigenvalue weighted by molar-refractivity contribution is -0.142. The SMILES string of the molecule is COc1ccc(Cl)cc1S(=O)(=O)N(C)CC(=O)N1C[C@@H]2C[C@H]1CN2C(=O)[C@@H](NC(=O)c1cc2ccccc2[nH]1)C(C)(C)C. The van der Waals surface area contributed by atoms with Crippen molar-refractivity contribution in [3.05, 3.63) is 59.2 Å². The first-order valence-electron chi connectivity index (χ1n) is 14.0. The van der Waals surface area contributed by atoms with Gasteiger partial charge in [0.25, 0.3) is 5.91 Å². The molecule has 230 valence electrons. The number of rotatable bonds is 8. The van der Waals surface area contributed by atoms with Crippen molar-refractivity contribution in [1.29, 1.82) is 0 Å². The third-order valence-corrected chi connectivity index (χ3v) is 10.2. The molecule has 3 aromatic rings. The lowest BCUT2D eigenvalue weighted by Gasteiger charge is -2.39. The van der Waals surface area contributed by atoms with Crippen LogP contribution in [0.2, 0.25) is 5.02 Å². The summed E-state index contributed by atoms with van der Waals surface area (Å²) in [5.41, 5.74) is 0.629. The lowest BCUT2D eigenvalue weighted by Crippen LogP contribution is -2.59. The van der Waals surface area contributed by atoms with Crippen molar-refractivity contribution < 1.29 is 27.5 Å². The molecule has 0 aliphatic carbocycles. The second-order valence-corrected chi connectivity index (χ2v) is 14.6. The van der Waals surface area contributed by atoms with E-state index >= 15 is 0 Å². The molecule has 2 N–H and O–H groups in total. The number of ether oxygens (including phenoxy) is 1. The topological polar surface area (TPSA) is 132 Å². The van der Waals surface area contributed by atoms with E-state index in [-0.39, 0.29) is 58.6 Å². The van der Waals surface area contributed by atoms with Gasteiger partial charge < -0.3 is 24.8 Å².